The fourth-order valence-corrected chi connectivity index (χ4v) is 3.90. The molecule has 0 aliphatic carbocycles. The summed E-state index contributed by atoms with van der Waals surface area (Å²) >= 11 is 1.72. The normalized spacial score (nSPS) is 11.7. The van der Waals surface area contributed by atoms with Crippen LogP contribution < -0.4 is 11.5 Å². The lowest BCUT2D eigenvalue weighted by Gasteiger charge is -2.09. The molecule has 0 amide bonds. The Balaban J connectivity index is 2.06. The predicted molar refractivity (Wildman–Crippen MR) is 98.8 cm³/mol. The van der Waals surface area contributed by atoms with E-state index < -0.39 is 0 Å². The van der Waals surface area contributed by atoms with Gasteiger partial charge >= 0.3 is 0 Å². The Morgan fingerprint density at radius 2 is 2.04 bits per heavy atom. The van der Waals surface area contributed by atoms with Crippen molar-refractivity contribution in [2.24, 2.45) is 5.73 Å². The molecule has 3 heterocycles. The molecule has 3 aromatic rings. The zero-order valence-corrected chi connectivity index (χ0v) is 14.5. The van der Waals surface area contributed by atoms with Crippen LogP contribution in [0.4, 0.5) is 5.82 Å². The van der Waals surface area contributed by atoms with Crippen LogP contribution in [0.5, 0.6) is 0 Å². The van der Waals surface area contributed by atoms with Gasteiger partial charge in [0, 0.05) is 13.0 Å². The zero-order valence-electron chi connectivity index (χ0n) is 13.7. The number of nitrogen functional groups attached to an aromatic ring is 1. The van der Waals surface area contributed by atoms with Crippen molar-refractivity contribution in [3.63, 3.8) is 0 Å². The van der Waals surface area contributed by atoms with E-state index in [0.29, 0.717) is 5.82 Å². The number of aryl methyl sites for hydroxylation is 2. The molecule has 0 atom stereocenters. The molecule has 3 aromatic heterocycles. The number of thiophene rings is 1. The standard InChI is InChI=1S/C17H25N5S/c1-2-3-7-13-21-14-15(22(13)10-6-4-5-9-18)16-12(8-11-23-16)20-17(14)19/h8,11H,2-7,9-10,18H2,1H3,(H2,19,20). The lowest BCUT2D eigenvalue weighted by Crippen LogP contribution is -2.06. The maximum atomic E-state index is 6.17. The van der Waals surface area contributed by atoms with Crippen molar-refractivity contribution >= 4 is 38.4 Å². The molecule has 4 N–H and O–H groups in total. The molecule has 0 bridgehead atoms. The Hall–Kier alpha value is -1.66. The van der Waals surface area contributed by atoms with Crippen LogP contribution in [0.25, 0.3) is 21.3 Å². The second-order valence-corrected chi connectivity index (χ2v) is 6.88. The van der Waals surface area contributed by atoms with E-state index in [9.17, 15) is 0 Å². The number of aromatic nitrogens is 3. The van der Waals surface area contributed by atoms with Crippen LogP contribution >= 0.6 is 11.3 Å². The molecule has 0 aliphatic heterocycles. The maximum absolute atomic E-state index is 6.17. The highest BCUT2D eigenvalue weighted by Crippen LogP contribution is 2.32. The van der Waals surface area contributed by atoms with Gasteiger partial charge in [-0.25, -0.2) is 9.97 Å². The van der Waals surface area contributed by atoms with E-state index in [4.69, 9.17) is 16.5 Å². The Kier molecular flexibility index (Phi) is 5.13. The van der Waals surface area contributed by atoms with Crippen LogP contribution in [0, 0.1) is 0 Å². The predicted octanol–water partition coefficient (Wildman–Crippen LogP) is 3.70. The van der Waals surface area contributed by atoms with Gasteiger partial charge in [-0.05, 0) is 37.3 Å². The highest BCUT2D eigenvalue weighted by molar-refractivity contribution is 7.18. The second kappa shape index (κ2) is 7.27. The number of rotatable bonds is 8. The Morgan fingerprint density at radius 1 is 1.17 bits per heavy atom. The number of nitrogens with zero attached hydrogens (tertiary/aromatic N) is 3. The minimum Gasteiger partial charge on any atom is -0.382 e. The zero-order chi connectivity index (χ0) is 16.2. The summed E-state index contributed by atoms with van der Waals surface area (Å²) in [5.74, 6) is 1.69. The summed E-state index contributed by atoms with van der Waals surface area (Å²) in [6.07, 6.45) is 6.66. The van der Waals surface area contributed by atoms with Crippen LogP contribution in [0.2, 0.25) is 0 Å². The molecule has 124 valence electrons. The van der Waals surface area contributed by atoms with Gasteiger partial charge in [0.15, 0.2) is 5.82 Å². The average molecular weight is 331 g/mol. The number of hydrogen-bond acceptors (Lipinski definition) is 5. The summed E-state index contributed by atoms with van der Waals surface area (Å²) in [6, 6.07) is 2.03. The van der Waals surface area contributed by atoms with E-state index in [0.717, 1.165) is 62.1 Å². The summed E-state index contributed by atoms with van der Waals surface area (Å²) in [5, 5.41) is 2.08. The number of unbranched alkanes of at least 4 members (excludes halogenated alkanes) is 3. The van der Waals surface area contributed by atoms with Crippen molar-refractivity contribution in [3.8, 4) is 0 Å². The SMILES string of the molecule is CCCCc1nc2c(N)nc3ccsc3c2n1CCCCCN. The highest BCUT2D eigenvalue weighted by Gasteiger charge is 2.17. The first-order valence-electron chi connectivity index (χ1n) is 8.48. The topological polar surface area (TPSA) is 82.8 Å². The molecule has 0 saturated carbocycles. The number of nitrogens with two attached hydrogens (primary N) is 2. The first kappa shape index (κ1) is 16.2. The molecule has 23 heavy (non-hydrogen) atoms. The van der Waals surface area contributed by atoms with Gasteiger partial charge in [-0.2, -0.15) is 0 Å². The van der Waals surface area contributed by atoms with E-state index >= 15 is 0 Å². The molecule has 0 saturated heterocycles. The van der Waals surface area contributed by atoms with Crippen LogP contribution in [-0.4, -0.2) is 21.1 Å². The van der Waals surface area contributed by atoms with E-state index in [-0.39, 0.29) is 0 Å². The van der Waals surface area contributed by atoms with E-state index in [1.165, 1.54) is 16.6 Å². The number of imidazole rings is 1. The van der Waals surface area contributed by atoms with Gasteiger partial charge in [0.1, 0.15) is 11.3 Å². The van der Waals surface area contributed by atoms with Crippen LogP contribution in [0.3, 0.4) is 0 Å². The van der Waals surface area contributed by atoms with Crippen LogP contribution in [-0.2, 0) is 13.0 Å². The van der Waals surface area contributed by atoms with Gasteiger partial charge in [-0.15, -0.1) is 11.3 Å². The van der Waals surface area contributed by atoms with Crippen molar-refractivity contribution in [1.82, 2.24) is 14.5 Å². The van der Waals surface area contributed by atoms with Gasteiger partial charge in [0.05, 0.1) is 15.7 Å². The fourth-order valence-electron chi connectivity index (χ4n) is 3.02. The smallest absolute Gasteiger partial charge is 0.152 e. The molecular weight excluding hydrogens is 306 g/mol. The van der Waals surface area contributed by atoms with Crippen molar-refractivity contribution in [2.45, 2.75) is 52.0 Å². The van der Waals surface area contributed by atoms with Gasteiger partial charge in [-0.3, -0.25) is 0 Å². The summed E-state index contributed by atoms with van der Waals surface area (Å²) in [6.45, 7) is 3.95. The van der Waals surface area contributed by atoms with Crippen molar-refractivity contribution in [2.75, 3.05) is 12.3 Å². The minimum atomic E-state index is 0.546. The highest BCUT2D eigenvalue weighted by atomic mass is 32.1. The number of anilines is 1. The molecule has 0 spiro atoms. The summed E-state index contributed by atoms with van der Waals surface area (Å²) in [4.78, 5) is 9.34. The largest absolute Gasteiger partial charge is 0.382 e. The quantitative estimate of drug-likeness (QED) is 0.617. The average Bonchev–Trinajstić information content (AvgIpc) is 3.14. The Labute approximate surface area is 140 Å². The molecule has 0 aromatic carbocycles. The maximum Gasteiger partial charge on any atom is 0.152 e. The van der Waals surface area contributed by atoms with Crippen LogP contribution in [0.15, 0.2) is 11.4 Å². The van der Waals surface area contributed by atoms with E-state index in [2.05, 4.69) is 21.9 Å². The third-order valence-corrected chi connectivity index (χ3v) is 5.14. The molecule has 0 fully saturated rings. The van der Waals surface area contributed by atoms with Gasteiger partial charge in [0.25, 0.3) is 0 Å². The Bertz CT molecular complexity index is 789. The molecule has 0 unspecified atom stereocenters. The molecule has 3 rings (SSSR count). The number of pyridine rings is 1. The number of hydrogen-bond donors (Lipinski definition) is 2. The second-order valence-electron chi connectivity index (χ2n) is 5.96. The molecular formula is C17H25N5S. The third kappa shape index (κ3) is 3.19. The van der Waals surface area contributed by atoms with Gasteiger partial charge < -0.3 is 16.0 Å². The molecule has 0 radical (unpaired) electrons. The molecule has 0 aliphatic rings. The lowest BCUT2D eigenvalue weighted by atomic mass is 10.2. The Morgan fingerprint density at radius 3 is 2.83 bits per heavy atom. The fraction of sp³-hybridized carbons (Fsp3) is 0.529. The number of fused-ring (bicyclic) bond motifs is 3. The van der Waals surface area contributed by atoms with E-state index in [1.807, 2.05) is 6.07 Å². The molecule has 5 nitrogen and oxygen atoms in total. The molecule has 6 heteroatoms. The third-order valence-electron chi connectivity index (χ3n) is 4.23. The first-order chi connectivity index (χ1) is 11.3. The van der Waals surface area contributed by atoms with Crippen molar-refractivity contribution in [3.05, 3.63) is 17.3 Å². The summed E-state index contributed by atoms with van der Waals surface area (Å²) in [7, 11) is 0. The first-order valence-corrected chi connectivity index (χ1v) is 9.36. The summed E-state index contributed by atoms with van der Waals surface area (Å²) < 4.78 is 3.57. The van der Waals surface area contributed by atoms with Crippen molar-refractivity contribution < 1.29 is 0 Å². The lowest BCUT2D eigenvalue weighted by molar-refractivity contribution is 0.576. The van der Waals surface area contributed by atoms with Gasteiger partial charge in [-0.1, -0.05) is 19.8 Å². The van der Waals surface area contributed by atoms with Gasteiger partial charge in [0.2, 0.25) is 0 Å². The van der Waals surface area contributed by atoms with E-state index in [1.54, 1.807) is 11.3 Å². The summed E-state index contributed by atoms with van der Waals surface area (Å²) in [5.41, 5.74) is 14.8. The van der Waals surface area contributed by atoms with Crippen LogP contribution in [0.1, 0.15) is 44.9 Å². The monoisotopic (exact) mass is 331 g/mol. The van der Waals surface area contributed by atoms with Crippen molar-refractivity contribution in [1.29, 1.82) is 0 Å². The minimum absolute atomic E-state index is 0.546.